The summed E-state index contributed by atoms with van der Waals surface area (Å²) >= 11 is 0. The number of hydrogen-bond donors (Lipinski definition) is 1. The number of rotatable bonds is 9. The second-order valence-corrected chi connectivity index (χ2v) is 16.3. The average molecular weight is 693 g/mol. The van der Waals surface area contributed by atoms with E-state index in [1.165, 1.54) is 0 Å². The Morgan fingerprint density at radius 1 is 1.16 bits per heavy atom. The highest BCUT2D eigenvalue weighted by molar-refractivity contribution is 6.47. The van der Waals surface area contributed by atoms with E-state index in [0.717, 1.165) is 31.2 Å². The highest BCUT2D eigenvalue weighted by atomic mass is 19.3. The van der Waals surface area contributed by atoms with E-state index < -0.39 is 42.1 Å². The van der Waals surface area contributed by atoms with Gasteiger partial charge in [0.15, 0.2) is 0 Å². The summed E-state index contributed by atoms with van der Waals surface area (Å²) in [6, 6.07) is 11.6. The number of carbonyl (C=O) groups excluding carboxylic acids is 2. The maximum atomic E-state index is 13.8. The molecular formula is C38H51BF2N4O5. The summed E-state index contributed by atoms with van der Waals surface area (Å²) < 4.78 is 46.6. The molecule has 3 heterocycles. The summed E-state index contributed by atoms with van der Waals surface area (Å²) in [5.74, 6) is 2.35. The predicted molar refractivity (Wildman–Crippen MR) is 185 cm³/mol. The molecule has 6 unspecified atom stereocenters. The van der Waals surface area contributed by atoms with E-state index in [1.54, 1.807) is 23.6 Å². The molecule has 270 valence electrons. The van der Waals surface area contributed by atoms with Crippen LogP contribution in [0.5, 0.6) is 0 Å². The predicted octanol–water partition coefficient (Wildman–Crippen LogP) is 5.63. The molecule has 9 nitrogen and oxygen atoms in total. The van der Waals surface area contributed by atoms with Crippen molar-refractivity contribution in [2.24, 2.45) is 23.2 Å². The van der Waals surface area contributed by atoms with Gasteiger partial charge in [-0.15, -0.1) is 0 Å². The lowest BCUT2D eigenvalue weighted by Gasteiger charge is -2.64. The minimum atomic E-state index is -2.73. The van der Waals surface area contributed by atoms with Crippen LogP contribution in [-0.2, 0) is 25.3 Å². The monoisotopic (exact) mass is 692 g/mol. The van der Waals surface area contributed by atoms with Crippen LogP contribution in [0, 0.1) is 46.3 Å². The van der Waals surface area contributed by atoms with Crippen molar-refractivity contribution in [1.29, 1.82) is 5.26 Å². The zero-order chi connectivity index (χ0) is 35.9. The molecule has 1 N–H and O–H groups in total. The van der Waals surface area contributed by atoms with Gasteiger partial charge >= 0.3 is 13.2 Å². The number of carbonyl (C=O) groups is 2. The average Bonchev–Trinajstić information content (AvgIpc) is 3.64. The van der Waals surface area contributed by atoms with E-state index in [4.69, 9.17) is 14.0 Å². The van der Waals surface area contributed by atoms with Crippen molar-refractivity contribution in [2.75, 3.05) is 26.2 Å². The maximum Gasteiger partial charge on any atom is 0.482 e. The Labute approximate surface area is 295 Å². The number of piperidine rings is 1. The first kappa shape index (κ1) is 36.6. The van der Waals surface area contributed by atoms with Crippen LogP contribution >= 0.6 is 0 Å². The van der Waals surface area contributed by atoms with Gasteiger partial charge in [-0.1, -0.05) is 56.0 Å². The van der Waals surface area contributed by atoms with Gasteiger partial charge < -0.3 is 24.3 Å². The lowest BCUT2D eigenvalue weighted by Crippen LogP contribution is -2.65. The molecule has 3 aliphatic carbocycles. The van der Waals surface area contributed by atoms with E-state index in [9.17, 15) is 23.6 Å². The fraction of sp³-hybridized carbons (Fsp3) is 0.711. The summed E-state index contributed by atoms with van der Waals surface area (Å²) in [6.45, 7) is 10.7. The number of ether oxygens (including phenoxy) is 1. The largest absolute Gasteiger partial charge is 0.482 e. The van der Waals surface area contributed by atoms with Gasteiger partial charge in [0, 0.05) is 25.9 Å². The molecule has 7 rings (SSSR count). The minimum absolute atomic E-state index is 0.00514. The van der Waals surface area contributed by atoms with Gasteiger partial charge in [0.05, 0.1) is 41.8 Å². The molecule has 7 atom stereocenters. The van der Waals surface area contributed by atoms with Gasteiger partial charge in [0.25, 0.3) is 5.92 Å². The second kappa shape index (κ2) is 14.1. The van der Waals surface area contributed by atoms with E-state index in [1.807, 2.05) is 30.3 Å². The minimum Gasteiger partial charge on any atom is -0.447 e. The number of halogens is 2. The van der Waals surface area contributed by atoms with Gasteiger partial charge in [0.2, 0.25) is 5.91 Å². The number of nitriles is 1. The number of amides is 2. The van der Waals surface area contributed by atoms with Crippen molar-refractivity contribution in [3.8, 4) is 17.9 Å². The van der Waals surface area contributed by atoms with Gasteiger partial charge in [0.1, 0.15) is 12.5 Å². The number of hydrogen-bond acceptors (Lipinski definition) is 7. The smallest absolute Gasteiger partial charge is 0.447 e. The molecular weight excluding hydrogens is 641 g/mol. The van der Waals surface area contributed by atoms with Crippen molar-refractivity contribution in [1.82, 2.24) is 15.1 Å². The molecule has 50 heavy (non-hydrogen) atoms. The Morgan fingerprint density at radius 3 is 2.60 bits per heavy atom. The summed E-state index contributed by atoms with van der Waals surface area (Å²) in [5.41, 5.74) is -0.00828. The molecule has 6 aliphatic rings. The van der Waals surface area contributed by atoms with Crippen LogP contribution in [0.1, 0.15) is 85.1 Å². The number of alkyl halides is 2. The van der Waals surface area contributed by atoms with Crippen LogP contribution in [0.15, 0.2) is 30.3 Å². The van der Waals surface area contributed by atoms with Crippen molar-refractivity contribution in [2.45, 2.75) is 121 Å². The fourth-order valence-electron chi connectivity index (χ4n) is 9.03. The Hall–Kier alpha value is -3.19. The number of nitrogens with zero attached hydrogens (tertiary/aromatic N) is 3. The zero-order valence-electron chi connectivity index (χ0n) is 30.1. The number of likely N-dealkylation sites (tertiary alicyclic amines) is 2. The van der Waals surface area contributed by atoms with Gasteiger partial charge in [-0.2, -0.15) is 5.26 Å². The van der Waals surface area contributed by atoms with Crippen LogP contribution in [0.25, 0.3) is 0 Å². The third-order valence-corrected chi connectivity index (χ3v) is 12.3. The van der Waals surface area contributed by atoms with Crippen LogP contribution < -0.4 is 5.32 Å². The molecule has 12 heteroatoms. The van der Waals surface area contributed by atoms with E-state index in [2.05, 4.69) is 44.0 Å². The molecule has 1 aromatic carbocycles. The van der Waals surface area contributed by atoms with Crippen molar-refractivity contribution in [3.63, 3.8) is 0 Å². The Balaban J connectivity index is 1.07. The Kier molecular flexibility index (Phi) is 10.3. The van der Waals surface area contributed by atoms with Crippen molar-refractivity contribution < 1.29 is 32.4 Å². The molecule has 2 bridgehead atoms. The van der Waals surface area contributed by atoms with Crippen LogP contribution in [-0.4, -0.2) is 90.3 Å². The highest BCUT2D eigenvalue weighted by Crippen LogP contribution is 2.65. The van der Waals surface area contributed by atoms with Crippen LogP contribution in [0.4, 0.5) is 13.6 Å². The molecule has 0 spiro atoms. The van der Waals surface area contributed by atoms with E-state index in [0.29, 0.717) is 31.2 Å². The Bertz CT molecular complexity index is 1530. The molecule has 3 saturated heterocycles. The van der Waals surface area contributed by atoms with Gasteiger partial charge in [-0.05, 0) is 82.1 Å². The van der Waals surface area contributed by atoms with Crippen molar-refractivity contribution >= 4 is 19.1 Å². The summed E-state index contributed by atoms with van der Waals surface area (Å²) in [7, 11) is -0.634. The zero-order valence-corrected chi connectivity index (χ0v) is 30.1. The van der Waals surface area contributed by atoms with E-state index in [-0.39, 0.29) is 56.0 Å². The molecule has 0 aromatic heterocycles. The summed E-state index contributed by atoms with van der Waals surface area (Å²) in [5, 5.41) is 12.9. The molecule has 2 amide bonds. The van der Waals surface area contributed by atoms with Crippen LogP contribution in [0.2, 0.25) is 0 Å². The fourth-order valence-corrected chi connectivity index (χ4v) is 9.03. The molecule has 6 fully saturated rings. The molecule has 1 aromatic rings. The molecule has 3 aliphatic heterocycles. The van der Waals surface area contributed by atoms with Crippen LogP contribution in [0.3, 0.4) is 0 Å². The first-order valence-electron chi connectivity index (χ1n) is 18.3. The highest BCUT2D eigenvalue weighted by Gasteiger charge is 2.68. The molecule has 3 saturated carbocycles. The number of nitrogens with one attached hydrogen (secondary N) is 1. The SMILES string of the molecule is CC1(C)C2CC3OB(C(Cc4ccccc4)NC(=O)OCC4CCCCN4C(=O)C(C#N)CC#CC(C)(C)N4CCC(F)(F)C4)O[C@@]3(C)C1C2. The normalized spacial score (nSPS) is 30.9. The second-order valence-electron chi connectivity index (χ2n) is 16.3. The lowest BCUT2D eigenvalue weighted by atomic mass is 9.43. The quantitative estimate of drug-likeness (QED) is 0.265. The van der Waals surface area contributed by atoms with E-state index >= 15 is 0 Å². The first-order chi connectivity index (χ1) is 23.6. The number of benzene rings is 1. The topological polar surface area (TPSA) is 104 Å². The maximum absolute atomic E-state index is 13.8. The van der Waals surface area contributed by atoms with Gasteiger partial charge in [-0.25, -0.2) is 13.6 Å². The third kappa shape index (κ3) is 7.40. The standard InChI is InChI=1S/C38H51BF2N4O5/c1-35(2,44-19-17-38(40,41)25-44)16-11-14-27(23-42)33(46)45-18-10-9-15-29(45)24-48-34(47)43-32(20-26-12-7-6-8-13-26)39-49-31-22-28-21-30(36(28,3)4)37(31,5)50-39/h6-8,12-13,27-32H,9-10,14-15,17-22,24-25H2,1-5H3,(H,43,47)/t27?,28?,29?,30?,31?,32?,37-/m0/s1. The number of alkyl carbamates (subject to hydrolysis) is 1. The first-order valence-corrected chi connectivity index (χ1v) is 18.3. The van der Waals surface area contributed by atoms with Gasteiger partial charge in [-0.3, -0.25) is 9.69 Å². The summed E-state index contributed by atoms with van der Waals surface area (Å²) in [6.07, 6.45) is 3.99. The lowest BCUT2D eigenvalue weighted by molar-refractivity contribution is -0.199. The summed E-state index contributed by atoms with van der Waals surface area (Å²) in [4.78, 5) is 30.3. The van der Waals surface area contributed by atoms with Crippen molar-refractivity contribution in [3.05, 3.63) is 35.9 Å². The molecule has 0 radical (unpaired) electrons. The Morgan fingerprint density at radius 2 is 1.92 bits per heavy atom. The third-order valence-electron chi connectivity index (χ3n) is 12.3.